The second-order valence-electron chi connectivity index (χ2n) is 5.27. The number of hydrogen-bond donors (Lipinski definition) is 1. The van der Waals surface area contributed by atoms with Crippen molar-refractivity contribution in [2.45, 2.75) is 20.0 Å². The Morgan fingerprint density at radius 2 is 2.00 bits per heavy atom. The molecule has 1 aromatic heterocycles. The Balaban J connectivity index is 1.92. The molecular weight excluding hydrogens is 329 g/mol. The first-order valence-corrected chi connectivity index (χ1v) is 8.27. The Hall–Kier alpha value is -2.47. The van der Waals surface area contributed by atoms with Gasteiger partial charge in [-0.3, -0.25) is 9.59 Å². The van der Waals surface area contributed by atoms with Gasteiger partial charge in [0, 0.05) is 21.4 Å². The van der Waals surface area contributed by atoms with E-state index >= 15 is 0 Å². The molecule has 126 valence electrons. The standard InChI is InChI=1S/C18H18FNO3S/c1-12(2)23-18(22)11-20-17(21)10-8-13-7-9-16(24-13)14-5-3-4-6-15(14)19/h3-10,12H,11H2,1-2H3,(H,20,21)/b10-8+. The van der Waals surface area contributed by atoms with Crippen LogP contribution in [0, 0.1) is 5.82 Å². The molecule has 0 aliphatic heterocycles. The number of thiophene rings is 1. The van der Waals surface area contributed by atoms with Crippen LogP contribution in [0.2, 0.25) is 0 Å². The summed E-state index contributed by atoms with van der Waals surface area (Å²) in [5.41, 5.74) is 0.531. The number of ether oxygens (including phenoxy) is 1. The van der Waals surface area contributed by atoms with Gasteiger partial charge >= 0.3 is 5.97 Å². The minimum atomic E-state index is -0.482. The van der Waals surface area contributed by atoms with E-state index in [-0.39, 0.29) is 18.5 Å². The largest absolute Gasteiger partial charge is 0.462 e. The van der Waals surface area contributed by atoms with Gasteiger partial charge in [0.15, 0.2) is 0 Å². The van der Waals surface area contributed by atoms with Crippen LogP contribution in [0.5, 0.6) is 0 Å². The fourth-order valence-corrected chi connectivity index (χ4v) is 2.87. The summed E-state index contributed by atoms with van der Waals surface area (Å²) in [5.74, 6) is -1.16. The van der Waals surface area contributed by atoms with E-state index in [1.165, 1.54) is 23.5 Å². The van der Waals surface area contributed by atoms with Crippen molar-refractivity contribution in [1.29, 1.82) is 0 Å². The van der Waals surface area contributed by atoms with Crippen LogP contribution in [0.3, 0.4) is 0 Å². The second kappa shape index (κ2) is 8.40. The molecule has 0 saturated carbocycles. The van der Waals surface area contributed by atoms with Gasteiger partial charge in [0.05, 0.1) is 6.10 Å². The summed E-state index contributed by atoms with van der Waals surface area (Å²) >= 11 is 1.38. The van der Waals surface area contributed by atoms with Gasteiger partial charge in [-0.1, -0.05) is 18.2 Å². The summed E-state index contributed by atoms with van der Waals surface area (Å²) < 4.78 is 18.7. The highest BCUT2D eigenvalue weighted by molar-refractivity contribution is 7.16. The third-order valence-corrected chi connectivity index (χ3v) is 4.02. The molecule has 24 heavy (non-hydrogen) atoms. The van der Waals surface area contributed by atoms with Gasteiger partial charge in [-0.15, -0.1) is 11.3 Å². The third-order valence-electron chi connectivity index (χ3n) is 2.94. The van der Waals surface area contributed by atoms with E-state index in [9.17, 15) is 14.0 Å². The zero-order chi connectivity index (χ0) is 17.5. The van der Waals surface area contributed by atoms with Gasteiger partial charge in [-0.05, 0) is 38.1 Å². The average molecular weight is 347 g/mol. The van der Waals surface area contributed by atoms with E-state index in [2.05, 4.69) is 5.32 Å². The molecule has 0 fully saturated rings. The molecule has 2 aromatic rings. The van der Waals surface area contributed by atoms with Crippen LogP contribution in [-0.4, -0.2) is 24.5 Å². The molecule has 0 radical (unpaired) electrons. The van der Waals surface area contributed by atoms with E-state index in [0.717, 1.165) is 9.75 Å². The molecule has 1 heterocycles. The molecule has 2 rings (SSSR count). The lowest BCUT2D eigenvalue weighted by molar-refractivity contribution is -0.147. The lowest BCUT2D eigenvalue weighted by atomic mass is 10.2. The van der Waals surface area contributed by atoms with Gasteiger partial charge in [0.2, 0.25) is 5.91 Å². The molecule has 0 atom stereocenters. The summed E-state index contributed by atoms with van der Waals surface area (Å²) in [7, 11) is 0. The first kappa shape index (κ1) is 17.9. The zero-order valence-electron chi connectivity index (χ0n) is 13.4. The molecule has 0 aliphatic rings. The number of esters is 1. The van der Waals surface area contributed by atoms with Crippen molar-refractivity contribution in [1.82, 2.24) is 5.32 Å². The predicted molar refractivity (Wildman–Crippen MR) is 93.0 cm³/mol. The second-order valence-corrected chi connectivity index (χ2v) is 6.39. The monoisotopic (exact) mass is 347 g/mol. The number of nitrogens with one attached hydrogen (secondary N) is 1. The molecule has 1 N–H and O–H groups in total. The molecule has 1 amide bonds. The number of amides is 1. The maximum absolute atomic E-state index is 13.7. The highest BCUT2D eigenvalue weighted by Crippen LogP contribution is 2.30. The van der Waals surface area contributed by atoms with Crippen LogP contribution in [0.1, 0.15) is 18.7 Å². The summed E-state index contributed by atoms with van der Waals surface area (Å²) in [6.07, 6.45) is 2.74. The fraction of sp³-hybridized carbons (Fsp3) is 0.222. The molecule has 0 unspecified atom stereocenters. The normalized spacial score (nSPS) is 11.0. The van der Waals surface area contributed by atoms with Gasteiger partial charge in [-0.25, -0.2) is 4.39 Å². The molecule has 4 nitrogen and oxygen atoms in total. The Bertz CT molecular complexity index is 752. The fourth-order valence-electron chi connectivity index (χ4n) is 1.93. The Kier molecular flexibility index (Phi) is 6.26. The number of carbonyl (C=O) groups is 2. The Morgan fingerprint density at radius 3 is 2.71 bits per heavy atom. The van der Waals surface area contributed by atoms with Crippen LogP contribution in [0.15, 0.2) is 42.5 Å². The van der Waals surface area contributed by atoms with E-state index in [1.807, 2.05) is 6.07 Å². The smallest absolute Gasteiger partial charge is 0.325 e. The number of carbonyl (C=O) groups excluding carboxylic acids is 2. The van der Waals surface area contributed by atoms with Crippen molar-refractivity contribution in [2.24, 2.45) is 0 Å². The highest BCUT2D eigenvalue weighted by Gasteiger charge is 2.08. The molecule has 0 aliphatic carbocycles. The summed E-state index contributed by atoms with van der Waals surface area (Å²) in [4.78, 5) is 24.6. The van der Waals surface area contributed by atoms with Crippen molar-refractivity contribution < 1.29 is 18.7 Å². The molecule has 0 saturated heterocycles. The van der Waals surface area contributed by atoms with Gasteiger partial charge in [-0.2, -0.15) is 0 Å². The topological polar surface area (TPSA) is 55.4 Å². The molecular formula is C18H18FNO3S. The van der Waals surface area contributed by atoms with Crippen LogP contribution < -0.4 is 5.32 Å². The molecule has 1 aromatic carbocycles. The first-order valence-electron chi connectivity index (χ1n) is 7.46. The Morgan fingerprint density at radius 1 is 1.25 bits per heavy atom. The maximum Gasteiger partial charge on any atom is 0.325 e. The predicted octanol–water partition coefficient (Wildman–Crippen LogP) is 3.64. The lowest BCUT2D eigenvalue weighted by Gasteiger charge is -2.07. The van der Waals surface area contributed by atoms with Crippen LogP contribution in [0.25, 0.3) is 16.5 Å². The van der Waals surface area contributed by atoms with Crippen LogP contribution in [0.4, 0.5) is 4.39 Å². The van der Waals surface area contributed by atoms with Crippen LogP contribution >= 0.6 is 11.3 Å². The van der Waals surface area contributed by atoms with Gasteiger partial charge in [0.1, 0.15) is 12.4 Å². The molecule has 0 spiro atoms. The van der Waals surface area contributed by atoms with Crippen molar-refractivity contribution in [3.05, 3.63) is 53.2 Å². The summed E-state index contributed by atoms with van der Waals surface area (Å²) in [5, 5.41) is 2.45. The minimum Gasteiger partial charge on any atom is -0.462 e. The quantitative estimate of drug-likeness (QED) is 0.641. The van der Waals surface area contributed by atoms with E-state index in [0.29, 0.717) is 5.56 Å². The zero-order valence-corrected chi connectivity index (χ0v) is 14.2. The highest BCUT2D eigenvalue weighted by atomic mass is 32.1. The van der Waals surface area contributed by atoms with Crippen molar-refractivity contribution >= 4 is 29.3 Å². The number of halogens is 1. The maximum atomic E-state index is 13.7. The summed E-state index contributed by atoms with van der Waals surface area (Å²) in [6.45, 7) is 3.30. The van der Waals surface area contributed by atoms with Crippen molar-refractivity contribution in [3.8, 4) is 10.4 Å². The molecule has 6 heteroatoms. The average Bonchev–Trinajstić information content (AvgIpc) is 2.99. The van der Waals surface area contributed by atoms with E-state index in [1.54, 1.807) is 44.2 Å². The minimum absolute atomic E-state index is 0.174. The number of hydrogen-bond acceptors (Lipinski definition) is 4. The third kappa shape index (κ3) is 5.31. The van der Waals surface area contributed by atoms with Gasteiger partial charge in [0.25, 0.3) is 0 Å². The van der Waals surface area contributed by atoms with Crippen LogP contribution in [-0.2, 0) is 14.3 Å². The number of rotatable bonds is 6. The van der Waals surface area contributed by atoms with E-state index in [4.69, 9.17) is 4.74 Å². The first-order chi connectivity index (χ1) is 11.5. The SMILES string of the molecule is CC(C)OC(=O)CNC(=O)/C=C/c1ccc(-c2ccccc2F)s1. The van der Waals surface area contributed by atoms with E-state index < -0.39 is 11.9 Å². The van der Waals surface area contributed by atoms with Crippen molar-refractivity contribution in [3.63, 3.8) is 0 Å². The molecule has 0 bridgehead atoms. The Labute approximate surface area is 144 Å². The van der Waals surface area contributed by atoms with Gasteiger partial charge < -0.3 is 10.1 Å². The lowest BCUT2D eigenvalue weighted by Crippen LogP contribution is -2.30. The number of benzene rings is 1. The summed E-state index contributed by atoms with van der Waals surface area (Å²) in [6, 6.07) is 10.2. The van der Waals surface area contributed by atoms with Crippen molar-refractivity contribution in [2.75, 3.05) is 6.54 Å².